The number of hydrogen-bond acceptors (Lipinski definition) is 5. The number of thiazole rings is 2. The molecule has 0 spiro atoms. The van der Waals surface area contributed by atoms with Gasteiger partial charge in [-0.3, -0.25) is 0 Å². The minimum Gasteiger partial charge on any atom is -0.494 e. The Morgan fingerprint density at radius 2 is 1.32 bits per heavy atom. The first kappa shape index (κ1) is 16.0. The van der Waals surface area contributed by atoms with Crippen molar-refractivity contribution in [2.45, 2.75) is 6.92 Å². The van der Waals surface area contributed by atoms with Crippen LogP contribution in [0, 0.1) is 0 Å². The second-order valence-electron chi connectivity index (χ2n) is 5.40. The smallest absolute Gasteiger partial charge is 0.152 e. The maximum absolute atomic E-state index is 5.49. The van der Waals surface area contributed by atoms with Gasteiger partial charge < -0.3 is 4.74 Å². The topological polar surface area (TPSA) is 35.0 Å². The van der Waals surface area contributed by atoms with Gasteiger partial charge in [-0.05, 0) is 31.2 Å². The van der Waals surface area contributed by atoms with Crippen LogP contribution in [0.5, 0.6) is 5.75 Å². The van der Waals surface area contributed by atoms with Crippen molar-refractivity contribution in [3.8, 4) is 38.3 Å². The zero-order chi connectivity index (χ0) is 17.1. The number of nitrogens with zero attached hydrogens (tertiary/aromatic N) is 2. The molecule has 3 nitrogen and oxygen atoms in total. The fourth-order valence-corrected chi connectivity index (χ4v) is 4.21. The van der Waals surface area contributed by atoms with E-state index < -0.39 is 0 Å². The second kappa shape index (κ2) is 7.17. The van der Waals surface area contributed by atoms with E-state index in [4.69, 9.17) is 14.7 Å². The Labute approximate surface area is 154 Å². The van der Waals surface area contributed by atoms with E-state index in [2.05, 4.69) is 22.9 Å². The van der Waals surface area contributed by atoms with Gasteiger partial charge in [-0.25, -0.2) is 9.97 Å². The quantitative estimate of drug-likeness (QED) is 0.436. The van der Waals surface area contributed by atoms with Gasteiger partial charge in [0.25, 0.3) is 0 Å². The predicted molar refractivity (Wildman–Crippen MR) is 105 cm³/mol. The SMILES string of the molecule is CCOc1ccc(-c2csc(-c3nc(-c4ccccc4)cs3)n2)cc1. The average molecular weight is 364 g/mol. The Kier molecular flexibility index (Phi) is 4.59. The molecular formula is C20H16N2OS2. The number of rotatable bonds is 5. The van der Waals surface area contributed by atoms with Gasteiger partial charge in [-0.15, -0.1) is 22.7 Å². The molecule has 4 aromatic rings. The molecule has 0 N–H and O–H groups in total. The first-order valence-corrected chi connectivity index (χ1v) is 9.79. The third kappa shape index (κ3) is 3.48. The van der Waals surface area contributed by atoms with E-state index >= 15 is 0 Å². The summed E-state index contributed by atoms with van der Waals surface area (Å²) < 4.78 is 5.49. The number of benzene rings is 2. The molecule has 0 fully saturated rings. The van der Waals surface area contributed by atoms with Gasteiger partial charge in [0, 0.05) is 21.9 Å². The lowest BCUT2D eigenvalue weighted by Crippen LogP contribution is -1.90. The van der Waals surface area contributed by atoms with Crippen molar-refractivity contribution < 1.29 is 4.74 Å². The van der Waals surface area contributed by atoms with Gasteiger partial charge in [0.05, 0.1) is 18.0 Å². The van der Waals surface area contributed by atoms with E-state index in [1.165, 1.54) is 0 Å². The van der Waals surface area contributed by atoms with Crippen molar-refractivity contribution >= 4 is 22.7 Å². The fraction of sp³-hybridized carbons (Fsp3) is 0.100. The summed E-state index contributed by atoms with van der Waals surface area (Å²) in [5.74, 6) is 0.883. The van der Waals surface area contributed by atoms with Crippen molar-refractivity contribution in [1.29, 1.82) is 0 Å². The summed E-state index contributed by atoms with van der Waals surface area (Å²) in [4.78, 5) is 9.50. The van der Waals surface area contributed by atoms with Crippen LogP contribution in [-0.4, -0.2) is 16.6 Å². The molecule has 0 saturated carbocycles. The van der Waals surface area contributed by atoms with Crippen LogP contribution in [0.2, 0.25) is 0 Å². The lowest BCUT2D eigenvalue weighted by atomic mass is 10.2. The third-order valence-electron chi connectivity index (χ3n) is 3.72. The van der Waals surface area contributed by atoms with Gasteiger partial charge >= 0.3 is 0 Å². The molecule has 25 heavy (non-hydrogen) atoms. The van der Waals surface area contributed by atoms with Crippen LogP contribution in [0.3, 0.4) is 0 Å². The summed E-state index contributed by atoms with van der Waals surface area (Å²) in [6.07, 6.45) is 0. The summed E-state index contributed by atoms with van der Waals surface area (Å²) in [5.41, 5.74) is 4.19. The zero-order valence-corrected chi connectivity index (χ0v) is 15.3. The van der Waals surface area contributed by atoms with Crippen molar-refractivity contribution in [2.75, 3.05) is 6.61 Å². The molecule has 0 bridgehead atoms. The molecule has 2 heterocycles. The van der Waals surface area contributed by atoms with Crippen LogP contribution in [-0.2, 0) is 0 Å². The Hall–Kier alpha value is -2.50. The lowest BCUT2D eigenvalue weighted by molar-refractivity contribution is 0.340. The fourth-order valence-electron chi connectivity index (χ4n) is 2.51. The van der Waals surface area contributed by atoms with Crippen molar-refractivity contribution in [2.24, 2.45) is 0 Å². The second-order valence-corrected chi connectivity index (χ2v) is 7.12. The molecule has 0 unspecified atom stereocenters. The minimum absolute atomic E-state index is 0.675. The zero-order valence-electron chi connectivity index (χ0n) is 13.7. The summed E-state index contributed by atoms with van der Waals surface area (Å²) in [5, 5.41) is 6.08. The number of ether oxygens (including phenoxy) is 1. The van der Waals surface area contributed by atoms with Crippen molar-refractivity contribution in [1.82, 2.24) is 9.97 Å². The Bertz CT molecular complexity index is 959. The molecule has 0 atom stereocenters. The van der Waals surface area contributed by atoms with E-state index in [9.17, 15) is 0 Å². The molecule has 0 aliphatic rings. The monoisotopic (exact) mass is 364 g/mol. The van der Waals surface area contributed by atoms with Gasteiger partial charge in [-0.1, -0.05) is 30.3 Å². The van der Waals surface area contributed by atoms with E-state index in [0.29, 0.717) is 6.61 Å². The van der Waals surface area contributed by atoms with E-state index in [1.54, 1.807) is 22.7 Å². The van der Waals surface area contributed by atoms with Crippen LogP contribution in [0.1, 0.15) is 6.92 Å². The molecule has 0 aliphatic heterocycles. The standard InChI is InChI=1S/C20H16N2OS2/c1-2-23-16-10-8-15(9-11-16)18-13-25-20(22-18)19-21-17(12-24-19)14-6-4-3-5-7-14/h3-13H,2H2,1H3. The molecule has 124 valence electrons. The Morgan fingerprint density at radius 1 is 0.760 bits per heavy atom. The summed E-state index contributed by atoms with van der Waals surface area (Å²) in [6.45, 7) is 2.66. The van der Waals surface area contributed by atoms with Gasteiger partial charge in [-0.2, -0.15) is 0 Å². The predicted octanol–water partition coefficient (Wildman–Crippen LogP) is 6.00. The van der Waals surface area contributed by atoms with E-state index in [-0.39, 0.29) is 0 Å². The highest BCUT2D eigenvalue weighted by Crippen LogP contribution is 2.33. The average Bonchev–Trinajstić information content (AvgIpc) is 3.33. The Balaban J connectivity index is 1.58. The summed E-state index contributed by atoms with van der Waals surface area (Å²) in [6, 6.07) is 18.3. The number of hydrogen-bond donors (Lipinski definition) is 0. The van der Waals surface area contributed by atoms with Gasteiger partial charge in [0.15, 0.2) is 10.0 Å². The highest BCUT2D eigenvalue weighted by Gasteiger charge is 2.11. The molecule has 0 saturated heterocycles. The van der Waals surface area contributed by atoms with Crippen LogP contribution in [0.4, 0.5) is 0 Å². The molecule has 5 heteroatoms. The van der Waals surface area contributed by atoms with Gasteiger partial charge in [0.1, 0.15) is 5.75 Å². The number of aromatic nitrogens is 2. The third-order valence-corrected chi connectivity index (χ3v) is 5.55. The maximum atomic E-state index is 5.49. The maximum Gasteiger partial charge on any atom is 0.152 e. The molecular weight excluding hydrogens is 348 g/mol. The van der Waals surface area contributed by atoms with Crippen LogP contribution in [0.25, 0.3) is 32.5 Å². The highest BCUT2D eigenvalue weighted by molar-refractivity contribution is 7.20. The van der Waals surface area contributed by atoms with Gasteiger partial charge in [0.2, 0.25) is 0 Å². The largest absolute Gasteiger partial charge is 0.494 e. The van der Waals surface area contributed by atoms with Crippen molar-refractivity contribution in [3.63, 3.8) is 0 Å². The van der Waals surface area contributed by atoms with Crippen LogP contribution >= 0.6 is 22.7 Å². The normalized spacial score (nSPS) is 10.8. The first-order valence-electron chi connectivity index (χ1n) is 8.03. The Morgan fingerprint density at radius 3 is 1.88 bits per heavy atom. The minimum atomic E-state index is 0.675. The lowest BCUT2D eigenvalue weighted by Gasteiger charge is -2.03. The molecule has 0 amide bonds. The molecule has 2 aromatic carbocycles. The summed E-state index contributed by atoms with van der Waals surface area (Å²) >= 11 is 3.26. The van der Waals surface area contributed by atoms with E-state index in [1.807, 2.05) is 49.4 Å². The van der Waals surface area contributed by atoms with Crippen LogP contribution < -0.4 is 4.74 Å². The van der Waals surface area contributed by atoms with E-state index in [0.717, 1.165) is 38.3 Å². The van der Waals surface area contributed by atoms with Crippen LogP contribution in [0.15, 0.2) is 65.4 Å². The molecule has 4 rings (SSSR count). The molecule has 0 radical (unpaired) electrons. The highest BCUT2D eigenvalue weighted by atomic mass is 32.1. The first-order chi connectivity index (χ1) is 12.3. The van der Waals surface area contributed by atoms with Crippen molar-refractivity contribution in [3.05, 3.63) is 65.4 Å². The summed E-state index contributed by atoms with van der Waals surface area (Å²) in [7, 11) is 0. The molecule has 2 aromatic heterocycles. The molecule has 0 aliphatic carbocycles.